The van der Waals surface area contributed by atoms with Crippen LogP contribution in [-0.4, -0.2) is 32.4 Å². The number of rotatable bonds is 6. The molecule has 1 aromatic carbocycles. The molecule has 0 unspecified atom stereocenters. The third kappa shape index (κ3) is 4.42. The van der Waals surface area contributed by atoms with Gasteiger partial charge in [-0.1, -0.05) is 38.1 Å². The Balaban J connectivity index is 1.57. The summed E-state index contributed by atoms with van der Waals surface area (Å²) in [5, 5.41) is 17.2. The van der Waals surface area contributed by atoms with E-state index in [2.05, 4.69) is 22.5 Å². The zero-order valence-electron chi connectivity index (χ0n) is 17.3. The number of aliphatic hydroxyl groups is 1. The van der Waals surface area contributed by atoms with Gasteiger partial charge in [-0.3, -0.25) is 9.59 Å². The van der Waals surface area contributed by atoms with Gasteiger partial charge in [0, 0.05) is 17.7 Å². The van der Waals surface area contributed by atoms with E-state index in [0.717, 1.165) is 16.8 Å². The number of nitrogens with zero attached hydrogens (tertiary/aromatic N) is 2. The van der Waals surface area contributed by atoms with Crippen LogP contribution >= 0.6 is 0 Å². The molecular formula is C23H29N3O3. The molecule has 1 aromatic heterocycles. The highest BCUT2D eigenvalue weighted by molar-refractivity contribution is 5.76. The van der Waals surface area contributed by atoms with E-state index in [1.54, 1.807) is 13.0 Å². The molecule has 0 atom stereocenters. The quantitative estimate of drug-likeness (QED) is 0.788. The van der Waals surface area contributed by atoms with Crippen LogP contribution in [0.2, 0.25) is 0 Å². The number of nitrogens with one attached hydrogen (secondary N) is 1. The maximum absolute atomic E-state index is 12.7. The van der Waals surface area contributed by atoms with Crippen molar-refractivity contribution in [2.24, 2.45) is 0 Å². The van der Waals surface area contributed by atoms with Gasteiger partial charge in [0.2, 0.25) is 5.91 Å². The molecule has 29 heavy (non-hydrogen) atoms. The van der Waals surface area contributed by atoms with E-state index < -0.39 is 5.60 Å². The zero-order valence-corrected chi connectivity index (χ0v) is 17.3. The summed E-state index contributed by atoms with van der Waals surface area (Å²) in [6, 6.07) is 9.94. The zero-order chi connectivity index (χ0) is 20.8. The maximum Gasteiger partial charge on any atom is 0.267 e. The van der Waals surface area contributed by atoms with Crippen molar-refractivity contribution in [2.75, 3.05) is 0 Å². The second kappa shape index (κ2) is 7.41. The number of benzene rings is 1. The summed E-state index contributed by atoms with van der Waals surface area (Å²) in [4.78, 5) is 25.1. The first-order valence-corrected chi connectivity index (χ1v) is 10.5. The fraction of sp³-hybridized carbons (Fsp3) is 0.522. The molecule has 4 rings (SSSR count). The lowest BCUT2D eigenvalue weighted by Crippen LogP contribution is -2.54. The van der Waals surface area contributed by atoms with Crippen LogP contribution in [0.15, 0.2) is 35.1 Å². The molecule has 0 radical (unpaired) electrons. The smallest absolute Gasteiger partial charge is 0.267 e. The van der Waals surface area contributed by atoms with E-state index in [4.69, 9.17) is 0 Å². The lowest BCUT2D eigenvalue weighted by atomic mass is 9.77. The Hall–Kier alpha value is -2.47. The first-order chi connectivity index (χ1) is 13.7. The molecule has 0 aliphatic heterocycles. The van der Waals surface area contributed by atoms with Gasteiger partial charge in [0.05, 0.1) is 11.3 Å². The van der Waals surface area contributed by atoms with E-state index in [1.807, 2.05) is 26.0 Å². The molecule has 2 aliphatic carbocycles. The van der Waals surface area contributed by atoms with Crippen LogP contribution in [-0.2, 0) is 11.3 Å². The SMILES string of the molecule is CC(C)c1nn(CC(=O)N[C@H]2C[C@@](C)(O)C2)c(=O)cc1-c1cccc(C2CC2)c1. The highest BCUT2D eigenvalue weighted by Crippen LogP contribution is 2.41. The topological polar surface area (TPSA) is 84.2 Å². The fourth-order valence-corrected chi connectivity index (χ4v) is 4.17. The van der Waals surface area contributed by atoms with E-state index >= 15 is 0 Å². The van der Waals surface area contributed by atoms with Gasteiger partial charge in [-0.05, 0) is 55.6 Å². The minimum absolute atomic E-state index is 0.0396. The second-order valence-corrected chi connectivity index (χ2v) is 9.16. The fourth-order valence-electron chi connectivity index (χ4n) is 4.17. The molecule has 2 saturated carbocycles. The number of aromatic nitrogens is 2. The summed E-state index contributed by atoms with van der Waals surface area (Å²) < 4.78 is 1.25. The third-order valence-corrected chi connectivity index (χ3v) is 5.85. The first-order valence-electron chi connectivity index (χ1n) is 10.5. The molecule has 6 heteroatoms. The molecule has 154 valence electrons. The number of hydrogen-bond donors (Lipinski definition) is 2. The average molecular weight is 396 g/mol. The van der Waals surface area contributed by atoms with Crippen LogP contribution < -0.4 is 10.9 Å². The number of carbonyl (C=O) groups is 1. The van der Waals surface area contributed by atoms with Gasteiger partial charge in [0.15, 0.2) is 0 Å². The molecule has 0 saturated heterocycles. The summed E-state index contributed by atoms with van der Waals surface area (Å²) in [5.74, 6) is 0.506. The standard InChI is InChI=1S/C23H29N3O3/c1-14(2)22-19(17-6-4-5-16(9-17)15-7-8-15)10-21(28)26(25-22)13-20(27)24-18-11-23(3,29)12-18/h4-6,9-10,14-15,18,29H,7-8,11-13H2,1-3H3,(H,24,27)/t18-,23+. The van der Waals surface area contributed by atoms with Gasteiger partial charge in [0.25, 0.3) is 5.56 Å². The maximum atomic E-state index is 12.7. The predicted molar refractivity (Wildman–Crippen MR) is 112 cm³/mol. The van der Waals surface area contributed by atoms with Crippen molar-refractivity contribution in [1.82, 2.24) is 15.1 Å². The number of carbonyl (C=O) groups excluding carboxylic acids is 1. The predicted octanol–water partition coefficient (Wildman–Crippen LogP) is 2.94. The minimum Gasteiger partial charge on any atom is -0.390 e. The van der Waals surface area contributed by atoms with Gasteiger partial charge in [-0.25, -0.2) is 4.68 Å². The van der Waals surface area contributed by atoms with Gasteiger partial charge >= 0.3 is 0 Å². The summed E-state index contributed by atoms with van der Waals surface area (Å²) in [6.45, 7) is 5.73. The van der Waals surface area contributed by atoms with E-state index in [0.29, 0.717) is 18.8 Å². The monoisotopic (exact) mass is 395 g/mol. The second-order valence-electron chi connectivity index (χ2n) is 9.16. The Labute approximate surface area is 171 Å². The Morgan fingerprint density at radius 1 is 1.31 bits per heavy atom. The van der Waals surface area contributed by atoms with Crippen LogP contribution in [0.1, 0.15) is 69.5 Å². The molecule has 0 bridgehead atoms. The van der Waals surface area contributed by atoms with Crippen molar-refractivity contribution >= 4 is 5.91 Å². The molecule has 2 aliphatic rings. The van der Waals surface area contributed by atoms with Crippen molar-refractivity contribution in [2.45, 2.75) is 76.5 Å². The largest absolute Gasteiger partial charge is 0.390 e. The first kappa shape index (κ1) is 19.8. The molecule has 0 spiro atoms. The van der Waals surface area contributed by atoms with Crippen molar-refractivity contribution in [3.63, 3.8) is 0 Å². The summed E-state index contributed by atoms with van der Waals surface area (Å²) in [7, 11) is 0. The molecule has 2 fully saturated rings. The Kier molecular flexibility index (Phi) is 5.07. The summed E-state index contributed by atoms with van der Waals surface area (Å²) in [5.41, 5.74) is 3.01. The molecule has 2 N–H and O–H groups in total. The highest BCUT2D eigenvalue weighted by Gasteiger charge is 2.39. The van der Waals surface area contributed by atoms with Crippen LogP contribution in [0.5, 0.6) is 0 Å². The van der Waals surface area contributed by atoms with E-state index in [9.17, 15) is 14.7 Å². The molecule has 1 heterocycles. The van der Waals surface area contributed by atoms with Crippen molar-refractivity contribution < 1.29 is 9.90 Å². The van der Waals surface area contributed by atoms with Crippen LogP contribution in [0.3, 0.4) is 0 Å². The van der Waals surface area contributed by atoms with Crippen LogP contribution in [0.25, 0.3) is 11.1 Å². The van der Waals surface area contributed by atoms with E-state index in [1.165, 1.54) is 23.1 Å². The normalized spacial score (nSPS) is 23.7. The highest BCUT2D eigenvalue weighted by atomic mass is 16.3. The van der Waals surface area contributed by atoms with Crippen LogP contribution in [0, 0.1) is 0 Å². The van der Waals surface area contributed by atoms with Crippen LogP contribution in [0.4, 0.5) is 0 Å². The van der Waals surface area contributed by atoms with Gasteiger partial charge < -0.3 is 10.4 Å². The van der Waals surface area contributed by atoms with Crippen molar-refractivity contribution in [1.29, 1.82) is 0 Å². The van der Waals surface area contributed by atoms with Crippen molar-refractivity contribution in [3.05, 3.63) is 51.9 Å². The number of amides is 1. The summed E-state index contributed by atoms with van der Waals surface area (Å²) >= 11 is 0. The van der Waals surface area contributed by atoms with Gasteiger partial charge in [0.1, 0.15) is 6.54 Å². The third-order valence-electron chi connectivity index (χ3n) is 5.85. The lowest BCUT2D eigenvalue weighted by Gasteiger charge is -2.41. The molecule has 6 nitrogen and oxygen atoms in total. The van der Waals surface area contributed by atoms with Gasteiger partial charge in [-0.2, -0.15) is 5.10 Å². The average Bonchev–Trinajstić information content (AvgIpc) is 3.46. The Bertz CT molecular complexity index is 981. The molecule has 2 aromatic rings. The summed E-state index contributed by atoms with van der Waals surface area (Å²) in [6.07, 6.45) is 3.53. The molecule has 1 amide bonds. The Morgan fingerprint density at radius 2 is 2.03 bits per heavy atom. The van der Waals surface area contributed by atoms with Gasteiger partial charge in [-0.15, -0.1) is 0 Å². The number of hydrogen-bond acceptors (Lipinski definition) is 4. The molecular weight excluding hydrogens is 366 g/mol. The lowest BCUT2D eigenvalue weighted by molar-refractivity contribution is -0.125. The Morgan fingerprint density at radius 3 is 2.66 bits per heavy atom. The minimum atomic E-state index is -0.700. The van der Waals surface area contributed by atoms with Crippen molar-refractivity contribution in [3.8, 4) is 11.1 Å². The van der Waals surface area contributed by atoms with E-state index in [-0.39, 0.29) is 30.0 Å².